The second-order valence-electron chi connectivity index (χ2n) is 4.96. The molecule has 0 spiro atoms. The van der Waals surface area contributed by atoms with E-state index in [1.54, 1.807) is 26.0 Å². The van der Waals surface area contributed by atoms with Crippen LogP contribution in [0.25, 0.3) is 0 Å². The summed E-state index contributed by atoms with van der Waals surface area (Å²) in [5.41, 5.74) is 1.37. The number of hydrogen-bond acceptors (Lipinski definition) is 6. The van der Waals surface area contributed by atoms with Gasteiger partial charge in [-0.05, 0) is 26.0 Å². The molecule has 0 aromatic carbocycles. The normalized spacial score (nSPS) is 17.8. The predicted molar refractivity (Wildman–Crippen MR) is 82.1 cm³/mol. The van der Waals surface area contributed by atoms with E-state index in [4.69, 9.17) is 9.15 Å². The van der Waals surface area contributed by atoms with E-state index >= 15 is 0 Å². The van der Waals surface area contributed by atoms with Crippen LogP contribution in [0.2, 0.25) is 0 Å². The molecule has 7 nitrogen and oxygen atoms in total. The van der Waals surface area contributed by atoms with Crippen LogP contribution in [-0.2, 0) is 14.3 Å². The molecule has 1 amide bonds. The third-order valence-corrected chi connectivity index (χ3v) is 3.60. The van der Waals surface area contributed by atoms with Crippen LogP contribution in [0.4, 0.5) is 0 Å². The lowest BCUT2D eigenvalue weighted by molar-refractivity contribution is -0.138. The van der Waals surface area contributed by atoms with E-state index in [-0.39, 0.29) is 24.4 Å². The summed E-state index contributed by atoms with van der Waals surface area (Å²) in [6.45, 7) is 3.25. The predicted octanol–water partition coefficient (Wildman–Crippen LogP) is 0.796. The third-order valence-electron chi connectivity index (χ3n) is 3.60. The molecule has 1 unspecified atom stereocenters. The highest BCUT2D eigenvalue weighted by molar-refractivity contribution is 6.01. The zero-order valence-corrected chi connectivity index (χ0v) is 13.3. The molecule has 0 bridgehead atoms. The van der Waals surface area contributed by atoms with Gasteiger partial charge in [-0.3, -0.25) is 4.79 Å². The number of likely N-dealkylation sites (N-methyl/N-ethyl adjacent to an activating group) is 1. The molecule has 0 fully saturated rings. The molecule has 1 aromatic rings. The van der Waals surface area contributed by atoms with Crippen LogP contribution >= 0.6 is 0 Å². The number of carbonyl (C=O) groups is 2. The minimum Gasteiger partial charge on any atom is -0.468 e. The first kappa shape index (κ1) is 16.8. The van der Waals surface area contributed by atoms with Crippen LogP contribution in [-0.4, -0.2) is 37.2 Å². The molecule has 1 atom stereocenters. The Morgan fingerprint density at radius 2 is 2.17 bits per heavy atom. The van der Waals surface area contributed by atoms with Crippen LogP contribution < -0.4 is 10.6 Å². The number of nitrogens with one attached hydrogen (secondary N) is 2. The van der Waals surface area contributed by atoms with Crippen molar-refractivity contribution in [3.05, 3.63) is 46.7 Å². The first-order chi connectivity index (χ1) is 11.0. The van der Waals surface area contributed by atoms with Crippen LogP contribution in [0.3, 0.4) is 0 Å². The third kappa shape index (κ3) is 3.14. The fourth-order valence-corrected chi connectivity index (χ4v) is 2.64. The molecule has 2 rings (SSSR count). The molecular weight excluding hydrogens is 300 g/mol. The average molecular weight is 320 g/mol. The van der Waals surface area contributed by atoms with Crippen molar-refractivity contribution in [2.45, 2.75) is 19.8 Å². The van der Waals surface area contributed by atoms with Gasteiger partial charge >= 0.3 is 5.97 Å². The number of furan rings is 1. The van der Waals surface area contributed by atoms with Gasteiger partial charge in [0, 0.05) is 12.7 Å². The van der Waals surface area contributed by atoms with Crippen LogP contribution in [0.1, 0.15) is 25.5 Å². The number of amides is 1. The second kappa shape index (κ2) is 7.15. The van der Waals surface area contributed by atoms with Gasteiger partial charge in [0.05, 0.1) is 42.2 Å². The summed E-state index contributed by atoms with van der Waals surface area (Å²) in [6.07, 6.45) is 1.47. The minimum absolute atomic E-state index is 0.215. The average Bonchev–Trinajstić information content (AvgIpc) is 3.07. The van der Waals surface area contributed by atoms with Crippen LogP contribution in [0, 0.1) is 0 Å². The summed E-state index contributed by atoms with van der Waals surface area (Å²) in [4.78, 5) is 24.7. The van der Waals surface area contributed by atoms with Crippen molar-refractivity contribution in [1.82, 2.24) is 10.6 Å². The van der Waals surface area contributed by atoms with Gasteiger partial charge in [-0.2, -0.15) is 0 Å². The number of hydrogen-bond donors (Lipinski definition) is 3. The lowest BCUT2D eigenvalue weighted by Gasteiger charge is -2.29. The maximum absolute atomic E-state index is 12.4. The Morgan fingerprint density at radius 1 is 1.43 bits per heavy atom. The van der Waals surface area contributed by atoms with Crippen molar-refractivity contribution in [2.24, 2.45) is 0 Å². The highest BCUT2D eigenvalue weighted by Crippen LogP contribution is 2.38. The number of ether oxygens (including phenoxy) is 1. The largest absolute Gasteiger partial charge is 0.468 e. The van der Waals surface area contributed by atoms with E-state index < -0.39 is 17.8 Å². The molecule has 1 aliphatic rings. The number of rotatable bonds is 5. The zero-order valence-electron chi connectivity index (χ0n) is 13.3. The van der Waals surface area contributed by atoms with Crippen molar-refractivity contribution in [3.8, 4) is 0 Å². The summed E-state index contributed by atoms with van der Waals surface area (Å²) in [5.74, 6) is -1.25. The summed E-state index contributed by atoms with van der Waals surface area (Å²) in [5, 5.41) is 15.0. The molecule has 0 saturated carbocycles. The van der Waals surface area contributed by atoms with Crippen molar-refractivity contribution in [3.63, 3.8) is 0 Å². The van der Waals surface area contributed by atoms with Crippen molar-refractivity contribution < 1.29 is 23.8 Å². The molecule has 3 N–H and O–H groups in total. The number of aliphatic hydroxyl groups excluding tert-OH is 1. The van der Waals surface area contributed by atoms with Gasteiger partial charge in [0.15, 0.2) is 0 Å². The molecule has 124 valence electrons. The smallest absolute Gasteiger partial charge is 0.336 e. The standard InChI is InChI=1S/C16H20N2O5/c1-4-22-16(21)12-9(2)18-10(8-19)13(15(20)17-3)14(12)11-6-5-7-23-11/h5-7,14,18-19H,4,8H2,1-3H3,(H,17,20). The van der Waals surface area contributed by atoms with Gasteiger partial charge < -0.3 is 24.9 Å². The highest BCUT2D eigenvalue weighted by atomic mass is 16.5. The van der Waals surface area contributed by atoms with Crippen molar-refractivity contribution >= 4 is 11.9 Å². The molecule has 1 aliphatic heterocycles. The fourth-order valence-electron chi connectivity index (χ4n) is 2.64. The summed E-state index contributed by atoms with van der Waals surface area (Å²) < 4.78 is 10.5. The molecular formula is C16H20N2O5. The maximum atomic E-state index is 12.4. The van der Waals surface area contributed by atoms with E-state index in [9.17, 15) is 14.7 Å². The Bertz CT molecular complexity index is 658. The van der Waals surface area contributed by atoms with E-state index in [0.29, 0.717) is 17.2 Å². The molecule has 0 radical (unpaired) electrons. The fraction of sp³-hybridized carbons (Fsp3) is 0.375. The van der Waals surface area contributed by atoms with E-state index in [2.05, 4.69) is 10.6 Å². The Hall–Kier alpha value is -2.54. The summed E-state index contributed by atoms with van der Waals surface area (Å²) in [6, 6.07) is 3.36. The van der Waals surface area contributed by atoms with Gasteiger partial charge in [0.1, 0.15) is 5.76 Å². The van der Waals surface area contributed by atoms with Gasteiger partial charge in [-0.1, -0.05) is 0 Å². The van der Waals surface area contributed by atoms with Gasteiger partial charge in [0.2, 0.25) is 5.91 Å². The Kier molecular flexibility index (Phi) is 5.23. The molecule has 7 heteroatoms. The quantitative estimate of drug-likeness (QED) is 0.694. The molecule has 1 aromatic heterocycles. The molecule has 0 aliphatic carbocycles. The van der Waals surface area contributed by atoms with Gasteiger partial charge in [-0.25, -0.2) is 4.79 Å². The number of aliphatic hydroxyl groups is 1. The number of esters is 1. The van der Waals surface area contributed by atoms with Gasteiger partial charge in [-0.15, -0.1) is 0 Å². The Labute approximate surface area is 134 Å². The Balaban J connectivity index is 2.62. The number of dihydropyridines is 1. The first-order valence-corrected chi connectivity index (χ1v) is 7.29. The van der Waals surface area contributed by atoms with Crippen molar-refractivity contribution in [1.29, 1.82) is 0 Å². The minimum atomic E-state index is -0.743. The maximum Gasteiger partial charge on any atom is 0.336 e. The zero-order chi connectivity index (χ0) is 17.0. The topological polar surface area (TPSA) is 101 Å². The molecule has 0 saturated heterocycles. The summed E-state index contributed by atoms with van der Waals surface area (Å²) in [7, 11) is 1.48. The highest BCUT2D eigenvalue weighted by Gasteiger charge is 2.39. The van der Waals surface area contributed by atoms with Gasteiger partial charge in [0.25, 0.3) is 0 Å². The molecule has 23 heavy (non-hydrogen) atoms. The SMILES string of the molecule is CCOC(=O)C1=C(C)NC(CO)=C(C(=O)NC)C1c1ccco1. The monoisotopic (exact) mass is 320 g/mol. The number of carbonyl (C=O) groups excluding carboxylic acids is 2. The summed E-state index contributed by atoms with van der Waals surface area (Å²) >= 11 is 0. The van der Waals surface area contributed by atoms with Crippen molar-refractivity contribution in [2.75, 3.05) is 20.3 Å². The van der Waals surface area contributed by atoms with Crippen LogP contribution in [0.5, 0.6) is 0 Å². The lowest BCUT2D eigenvalue weighted by atomic mass is 9.83. The first-order valence-electron chi connectivity index (χ1n) is 7.29. The Morgan fingerprint density at radius 3 is 2.70 bits per heavy atom. The molecule has 2 heterocycles. The van der Waals surface area contributed by atoms with E-state index in [1.165, 1.54) is 13.3 Å². The lowest BCUT2D eigenvalue weighted by Crippen LogP contribution is -2.36. The van der Waals surface area contributed by atoms with Crippen LogP contribution in [0.15, 0.2) is 45.4 Å². The second-order valence-corrected chi connectivity index (χ2v) is 4.96. The van der Waals surface area contributed by atoms with E-state index in [1.807, 2.05) is 0 Å². The van der Waals surface area contributed by atoms with E-state index in [0.717, 1.165) is 0 Å². The number of allylic oxidation sites excluding steroid dienone is 1.